The van der Waals surface area contributed by atoms with Crippen LogP contribution in [0.4, 0.5) is 14.6 Å². The van der Waals surface area contributed by atoms with E-state index in [1.165, 1.54) is 12.6 Å². The Morgan fingerprint density at radius 2 is 2.20 bits per heavy atom. The van der Waals surface area contributed by atoms with Gasteiger partial charge in [0.2, 0.25) is 0 Å². The van der Waals surface area contributed by atoms with Gasteiger partial charge in [-0.3, -0.25) is 4.79 Å². The zero-order valence-electron chi connectivity index (χ0n) is 16.1. The summed E-state index contributed by atoms with van der Waals surface area (Å²) in [6.45, 7) is -0.0592. The number of aromatic nitrogens is 4. The maximum absolute atomic E-state index is 12.4. The normalized spacial score (nSPS) is 16.0. The van der Waals surface area contributed by atoms with Gasteiger partial charge >= 0.3 is 0 Å². The van der Waals surface area contributed by atoms with Gasteiger partial charge in [-0.15, -0.1) is 0 Å². The Morgan fingerprint density at radius 3 is 2.97 bits per heavy atom. The highest BCUT2D eigenvalue weighted by molar-refractivity contribution is 6.01. The zero-order chi connectivity index (χ0) is 20.7. The number of halogens is 2. The number of hydrogen-bond acceptors (Lipinski definition) is 5. The first-order valence-electron chi connectivity index (χ1n) is 9.95. The van der Waals surface area contributed by atoms with Gasteiger partial charge in [0.15, 0.2) is 0 Å². The van der Waals surface area contributed by atoms with Gasteiger partial charge in [0, 0.05) is 30.4 Å². The molecule has 0 radical (unpaired) electrons. The summed E-state index contributed by atoms with van der Waals surface area (Å²) >= 11 is 0. The molecule has 30 heavy (non-hydrogen) atoms. The third-order valence-electron chi connectivity index (χ3n) is 5.64. The van der Waals surface area contributed by atoms with E-state index in [2.05, 4.69) is 20.7 Å². The Kier molecular flexibility index (Phi) is 4.65. The Labute approximate surface area is 171 Å². The highest BCUT2D eigenvalue weighted by atomic mass is 19.3. The standard InChI is InChI=1S/C21H20F2N6O/c22-18(23)11-26-21(30)16-10-27-29-7-5-13(8-17(16)29)14-4-6-24-20-15(14)9-25-19(28-20)12-2-1-3-12/h4-5,7-10,12,18H,1-3,6,11H2,(H,26,30)(H,24,25,28). The van der Waals surface area contributed by atoms with E-state index in [-0.39, 0.29) is 5.56 Å². The SMILES string of the molecule is O=C(NCC(F)F)c1cnn2ccc(C3=CCNc4nc(C5CCC5)ncc43)cc12. The first-order valence-corrected chi connectivity index (χ1v) is 9.95. The van der Waals surface area contributed by atoms with Crippen molar-refractivity contribution in [2.24, 2.45) is 0 Å². The summed E-state index contributed by atoms with van der Waals surface area (Å²) in [5.41, 5.74) is 3.55. The summed E-state index contributed by atoms with van der Waals surface area (Å²) in [5, 5.41) is 9.70. The average Bonchev–Trinajstić information content (AvgIpc) is 3.13. The highest BCUT2D eigenvalue weighted by Crippen LogP contribution is 2.37. The molecule has 1 aliphatic heterocycles. The summed E-state index contributed by atoms with van der Waals surface area (Å²) in [5.74, 6) is 1.57. The first-order chi connectivity index (χ1) is 14.6. The minimum atomic E-state index is -2.60. The monoisotopic (exact) mass is 410 g/mol. The van der Waals surface area contributed by atoms with Crippen molar-refractivity contribution in [3.05, 3.63) is 59.3 Å². The zero-order valence-corrected chi connectivity index (χ0v) is 16.1. The Morgan fingerprint density at radius 1 is 1.33 bits per heavy atom. The summed E-state index contributed by atoms with van der Waals surface area (Å²) in [7, 11) is 0. The molecule has 2 N–H and O–H groups in total. The Balaban J connectivity index is 1.49. The molecule has 1 saturated carbocycles. The maximum Gasteiger partial charge on any atom is 0.255 e. The summed E-state index contributed by atoms with van der Waals surface area (Å²) in [6.07, 6.45) is 7.93. The average molecular weight is 410 g/mol. The fourth-order valence-electron chi connectivity index (χ4n) is 3.81. The second-order valence-corrected chi connectivity index (χ2v) is 7.52. The third kappa shape index (κ3) is 3.30. The molecule has 0 unspecified atom stereocenters. The maximum atomic E-state index is 12.4. The number of carbonyl (C=O) groups excluding carboxylic acids is 1. The van der Waals surface area contributed by atoms with Crippen molar-refractivity contribution < 1.29 is 13.6 Å². The lowest BCUT2D eigenvalue weighted by Gasteiger charge is -2.26. The van der Waals surface area contributed by atoms with Gasteiger partial charge in [-0.1, -0.05) is 12.5 Å². The predicted octanol–water partition coefficient (Wildman–Crippen LogP) is 3.24. The molecule has 5 rings (SSSR count). The van der Waals surface area contributed by atoms with Crippen LogP contribution in [0.3, 0.4) is 0 Å². The largest absolute Gasteiger partial charge is 0.366 e. The molecule has 9 heteroatoms. The molecule has 3 aromatic rings. The molecule has 0 aromatic carbocycles. The predicted molar refractivity (Wildman–Crippen MR) is 108 cm³/mol. The van der Waals surface area contributed by atoms with Gasteiger partial charge in [-0.2, -0.15) is 5.10 Å². The summed E-state index contributed by atoms with van der Waals surface area (Å²) in [6, 6.07) is 3.74. The molecular weight excluding hydrogens is 390 g/mol. The minimum Gasteiger partial charge on any atom is -0.366 e. The van der Waals surface area contributed by atoms with Crippen LogP contribution in [0.15, 0.2) is 36.8 Å². The molecule has 1 aliphatic carbocycles. The smallest absolute Gasteiger partial charge is 0.255 e. The number of fused-ring (bicyclic) bond motifs is 2. The molecule has 3 aromatic heterocycles. The van der Waals surface area contributed by atoms with Crippen LogP contribution in [-0.2, 0) is 0 Å². The van der Waals surface area contributed by atoms with Crippen molar-refractivity contribution in [2.45, 2.75) is 31.6 Å². The molecule has 0 spiro atoms. The van der Waals surface area contributed by atoms with Crippen LogP contribution in [0.1, 0.15) is 52.5 Å². The molecule has 2 aliphatic rings. The number of pyridine rings is 1. The van der Waals surface area contributed by atoms with Gasteiger partial charge < -0.3 is 10.6 Å². The lowest BCUT2D eigenvalue weighted by atomic mass is 9.84. The quantitative estimate of drug-likeness (QED) is 0.675. The molecule has 4 heterocycles. The molecule has 7 nitrogen and oxygen atoms in total. The van der Waals surface area contributed by atoms with Crippen LogP contribution in [-0.4, -0.2) is 45.0 Å². The number of rotatable bonds is 5. The number of amides is 1. The Hall–Kier alpha value is -3.36. The topological polar surface area (TPSA) is 84.2 Å². The number of carbonyl (C=O) groups is 1. The van der Waals surface area contributed by atoms with Crippen molar-refractivity contribution in [1.82, 2.24) is 24.9 Å². The van der Waals surface area contributed by atoms with E-state index >= 15 is 0 Å². The number of nitrogens with one attached hydrogen (secondary N) is 2. The second kappa shape index (κ2) is 7.47. The van der Waals surface area contributed by atoms with E-state index in [1.54, 1.807) is 10.7 Å². The van der Waals surface area contributed by atoms with Gasteiger partial charge in [0.05, 0.1) is 23.8 Å². The van der Waals surface area contributed by atoms with E-state index in [0.29, 0.717) is 18.0 Å². The molecule has 0 bridgehead atoms. The van der Waals surface area contributed by atoms with Crippen molar-refractivity contribution in [3.8, 4) is 0 Å². The van der Waals surface area contributed by atoms with Crippen LogP contribution in [0.25, 0.3) is 11.1 Å². The molecular formula is C21H20F2N6O. The second-order valence-electron chi connectivity index (χ2n) is 7.52. The van der Waals surface area contributed by atoms with Crippen molar-refractivity contribution >= 4 is 22.8 Å². The van der Waals surface area contributed by atoms with Crippen molar-refractivity contribution in [3.63, 3.8) is 0 Å². The highest BCUT2D eigenvalue weighted by Gasteiger charge is 2.25. The van der Waals surface area contributed by atoms with E-state index in [1.807, 2.05) is 24.4 Å². The molecule has 1 fully saturated rings. The van der Waals surface area contributed by atoms with E-state index < -0.39 is 18.9 Å². The van der Waals surface area contributed by atoms with Gasteiger partial charge in [-0.25, -0.2) is 23.3 Å². The van der Waals surface area contributed by atoms with Crippen LogP contribution >= 0.6 is 0 Å². The van der Waals surface area contributed by atoms with E-state index in [9.17, 15) is 13.6 Å². The van der Waals surface area contributed by atoms with Gasteiger partial charge in [-0.05, 0) is 36.1 Å². The lowest BCUT2D eigenvalue weighted by Crippen LogP contribution is -2.28. The number of nitrogens with zero attached hydrogens (tertiary/aromatic N) is 4. The fourth-order valence-corrected chi connectivity index (χ4v) is 3.81. The number of hydrogen-bond donors (Lipinski definition) is 2. The summed E-state index contributed by atoms with van der Waals surface area (Å²) < 4.78 is 26.4. The number of anilines is 1. The van der Waals surface area contributed by atoms with Crippen molar-refractivity contribution in [1.29, 1.82) is 0 Å². The fraction of sp³-hybridized carbons (Fsp3) is 0.333. The van der Waals surface area contributed by atoms with E-state index in [4.69, 9.17) is 4.98 Å². The van der Waals surface area contributed by atoms with E-state index in [0.717, 1.165) is 41.2 Å². The first kappa shape index (κ1) is 18.7. The van der Waals surface area contributed by atoms with Gasteiger partial charge in [0.1, 0.15) is 11.6 Å². The van der Waals surface area contributed by atoms with Crippen LogP contribution < -0.4 is 10.6 Å². The van der Waals surface area contributed by atoms with Gasteiger partial charge in [0.25, 0.3) is 12.3 Å². The van der Waals surface area contributed by atoms with Crippen LogP contribution in [0, 0.1) is 0 Å². The molecule has 154 valence electrons. The van der Waals surface area contributed by atoms with Crippen LogP contribution in [0.2, 0.25) is 0 Å². The molecule has 1 amide bonds. The molecule has 0 saturated heterocycles. The lowest BCUT2D eigenvalue weighted by molar-refractivity contribution is 0.0893. The third-order valence-corrected chi connectivity index (χ3v) is 5.64. The molecule has 0 atom stereocenters. The minimum absolute atomic E-state index is 0.254. The number of alkyl halides is 2. The Bertz CT molecular complexity index is 1150. The van der Waals surface area contributed by atoms with Crippen molar-refractivity contribution in [2.75, 3.05) is 18.4 Å². The summed E-state index contributed by atoms with van der Waals surface area (Å²) in [4.78, 5) is 21.6. The van der Waals surface area contributed by atoms with Crippen LogP contribution in [0.5, 0.6) is 0 Å².